The first-order chi connectivity index (χ1) is 9.07. The number of nitrogens with one attached hydrogen (secondary N) is 1. The molecule has 1 saturated heterocycles. The van der Waals surface area contributed by atoms with Crippen LogP contribution >= 0.6 is 0 Å². The van der Waals surface area contributed by atoms with Crippen molar-refractivity contribution in [3.8, 4) is 5.75 Å². The van der Waals surface area contributed by atoms with E-state index in [4.69, 9.17) is 14.6 Å². The summed E-state index contributed by atoms with van der Waals surface area (Å²) in [5.41, 5.74) is -0.205. The first-order valence-electron chi connectivity index (χ1n) is 5.92. The van der Waals surface area contributed by atoms with E-state index in [2.05, 4.69) is 5.32 Å². The van der Waals surface area contributed by atoms with Gasteiger partial charge in [-0.05, 0) is 18.2 Å². The zero-order chi connectivity index (χ0) is 13.9. The quantitative estimate of drug-likeness (QED) is 0.807. The van der Waals surface area contributed by atoms with E-state index in [0.29, 0.717) is 17.9 Å². The first kappa shape index (κ1) is 13.8. The lowest BCUT2D eigenvalue weighted by atomic mass is 9.86. The number of ether oxygens (including phenoxy) is 2. The molecule has 2 N–H and O–H groups in total. The summed E-state index contributed by atoms with van der Waals surface area (Å²) in [6, 6.07) is 4.24. The number of carbonyl (C=O) groups is 1. The van der Waals surface area contributed by atoms with Crippen LogP contribution in [0.15, 0.2) is 18.2 Å². The van der Waals surface area contributed by atoms with E-state index >= 15 is 0 Å². The smallest absolute Gasteiger partial charge is 0.315 e. The Hall–Kier alpha value is -1.66. The van der Waals surface area contributed by atoms with Gasteiger partial charge in [-0.2, -0.15) is 0 Å². The number of carboxylic acid groups (broad SMARTS) is 1. The number of hydrogen-bond donors (Lipinski definition) is 2. The molecule has 5 nitrogen and oxygen atoms in total. The average molecular weight is 269 g/mol. The van der Waals surface area contributed by atoms with Gasteiger partial charge in [0.05, 0.1) is 20.3 Å². The lowest BCUT2D eigenvalue weighted by Gasteiger charge is -2.37. The minimum Gasteiger partial charge on any atom is -0.496 e. The topological polar surface area (TPSA) is 67.8 Å². The molecule has 0 aromatic heterocycles. The second kappa shape index (κ2) is 5.54. The predicted molar refractivity (Wildman–Crippen MR) is 65.5 cm³/mol. The van der Waals surface area contributed by atoms with Crippen molar-refractivity contribution < 1.29 is 23.8 Å². The Labute approximate surface area is 110 Å². The van der Waals surface area contributed by atoms with Crippen LogP contribution in [-0.4, -0.2) is 37.9 Å². The highest BCUT2D eigenvalue weighted by Crippen LogP contribution is 2.27. The van der Waals surface area contributed by atoms with E-state index in [1.165, 1.54) is 19.2 Å². The van der Waals surface area contributed by atoms with Crippen LogP contribution in [0.2, 0.25) is 0 Å². The highest BCUT2D eigenvalue weighted by atomic mass is 19.1. The number of halogens is 1. The van der Waals surface area contributed by atoms with E-state index in [-0.39, 0.29) is 25.6 Å². The number of methoxy groups -OCH3 is 1. The van der Waals surface area contributed by atoms with Gasteiger partial charge in [-0.1, -0.05) is 0 Å². The lowest BCUT2D eigenvalue weighted by Crippen LogP contribution is -2.55. The summed E-state index contributed by atoms with van der Waals surface area (Å²) in [5.74, 6) is -0.655. The van der Waals surface area contributed by atoms with E-state index in [1.807, 2.05) is 0 Å². The molecule has 0 aliphatic carbocycles. The van der Waals surface area contributed by atoms with Crippen LogP contribution < -0.4 is 10.1 Å². The van der Waals surface area contributed by atoms with Crippen LogP contribution in [0.1, 0.15) is 5.56 Å². The van der Waals surface area contributed by atoms with Crippen molar-refractivity contribution in [2.45, 2.75) is 6.54 Å². The van der Waals surface area contributed by atoms with E-state index in [9.17, 15) is 9.18 Å². The highest BCUT2D eigenvalue weighted by Gasteiger charge is 2.45. The molecule has 1 fully saturated rings. The van der Waals surface area contributed by atoms with Gasteiger partial charge in [0.25, 0.3) is 0 Å². The zero-order valence-electron chi connectivity index (χ0n) is 10.6. The molecule has 0 atom stereocenters. The van der Waals surface area contributed by atoms with Crippen LogP contribution in [0.5, 0.6) is 5.75 Å². The van der Waals surface area contributed by atoms with Crippen LogP contribution in [-0.2, 0) is 16.1 Å². The summed E-state index contributed by atoms with van der Waals surface area (Å²) in [7, 11) is 1.51. The zero-order valence-corrected chi connectivity index (χ0v) is 10.6. The van der Waals surface area contributed by atoms with E-state index in [0.717, 1.165) is 0 Å². The van der Waals surface area contributed by atoms with E-state index < -0.39 is 11.4 Å². The highest BCUT2D eigenvalue weighted by molar-refractivity contribution is 5.76. The van der Waals surface area contributed by atoms with Gasteiger partial charge < -0.3 is 19.9 Å². The molecule has 104 valence electrons. The van der Waals surface area contributed by atoms with Crippen molar-refractivity contribution in [2.75, 3.05) is 26.9 Å². The molecule has 6 heteroatoms. The standard InChI is InChI=1S/C13H16FNO4/c1-18-11-3-2-10(14)4-9(11)5-15-6-13(12(16)17)7-19-8-13/h2-4,15H,5-8H2,1H3,(H,16,17). The van der Waals surface area contributed by atoms with Crippen LogP contribution in [0.25, 0.3) is 0 Å². The lowest BCUT2D eigenvalue weighted by molar-refractivity contribution is -0.178. The van der Waals surface area contributed by atoms with Crippen LogP contribution in [0.4, 0.5) is 4.39 Å². The number of benzene rings is 1. The first-order valence-corrected chi connectivity index (χ1v) is 5.92. The van der Waals surface area contributed by atoms with Crippen molar-refractivity contribution in [1.29, 1.82) is 0 Å². The van der Waals surface area contributed by atoms with Crippen molar-refractivity contribution >= 4 is 5.97 Å². The number of hydrogen-bond acceptors (Lipinski definition) is 4. The molecule has 0 radical (unpaired) electrons. The Balaban J connectivity index is 1.95. The Morgan fingerprint density at radius 2 is 2.32 bits per heavy atom. The fourth-order valence-corrected chi connectivity index (χ4v) is 1.97. The molecule has 1 aromatic rings. The summed E-state index contributed by atoms with van der Waals surface area (Å²) in [6.45, 7) is 1.03. The Morgan fingerprint density at radius 3 is 2.84 bits per heavy atom. The van der Waals surface area contributed by atoms with E-state index in [1.54, 1.807) is 6.07 Å². The van der Waals surface area contributed by atoms with Gasteiger partial charge in [-0.25, -0.2) is 4.39 Å². The third-order valence-electron chi connectivity index (χ3n) is 3.23. The molecular weight excluding hydrogens is 253 g/mol. The Kier molecular flexibility index (Phi) is 4.01. The second-order valence-corrected chi connectivity index (χ2v) is 4.64. The molecular formula is C13H16FNO4. The van der Waals surface area contributed by atoms with Gasteiger partial charge in [0.15, 0.2) is 0 Å². The van der Waals surface area contributed by atoms with Crippen molar-refractivity contribution in [1.82, 2.24) is 5.32 Å². The molecule has 1 aliphatic heterocycles. The minimum absolute atomic E-state index is 0.204. The predicted octanol–water partition coefficient (Wildman–Crippen LogP) is 1.03. The molecule has 1 aliphatic rings. The van der Waals surface area contributed by atoms with Crippen molar-refractivity contribution in [3.63, 3.8) is 0 Å². The summed E-state index contributed by atoms with van der Waals surface area (Å²) in [4.78, 5) is 11.1. The van der Waals surface area contributed by atoms with Crippen LogP contribution in [0, 0.1) is 11.2 Å². The second-order valence-electron chi connectivity index (χ2n) is 4.64. The molecule has 0 spiro atoms. The molecule has 1 heterocycles. The summed E-state index contributed by atoms with van der Waals surface area (Å²) >= 11 is 0. The van der Waals surface area contributed by atoms with Gasteiger partial charge in [0.1, 0.15) is 17.0 Å². The minimum atomic E-state index is -0.877. The fourth-order valence-electron chi connectivity index (χ4n) is 1.97. The van der Waals surface area contributed by atoms with Gasteiger partial charge in [-0.3, -0.25) is 4.79 Å². The monoisotopic (exact) mass is 269 g/mol. The SMILES string of the molecule is COc1ccc(F)cc1CNCC1(C(=O)O)COC1. The molecule has 0 saturated carbocycles. The maximum absolute atomic E-state index is 13.2. The maximum Gasteiger partial charge on any atom is 0.315 e. The largest absolute Gasteiger partial charge is 0.496 e. The Bertz CT molecular complexity index is 474. The number of carboxylic acids is 1. The van der Waals surface area contributed by atoms with Gasteiger partial charge in [0.2, 0.25) is 0 Å². The molecule has 0 unspecified atom stereocenters. The van der Waals surface area contributed by atoms with Crippen molar-refractivity contribution in [2.24, 2.45) is 5.41 Å². The summed E-state index contributed by atoms with van der Waals surface area (Å²) in [6.07, 6.45) is 0. The van der Waals surface area contributed by atoms with Gasteiger partial charge in [0, 0.05) is 18.7 Å². The normalized spacial score (nSPS) is 16.7. The van der Waals surface area contributed by atoms with Gasteiger partial charge in [-0.15, -0.1) is 0 Å². The maximum atomic E-state index is 13.2. The fraction of sp³-hybridized carbons (Fsp3) is 0.462. The third-order valence-corrected chi connectivity index (χ3v) is 3.23. The summed E-state index contributed by atoms with van der Waals surface area (Å²) in [5, 5.41) is 12.1. The molecule has 1 aromatic carbocycles. The van der Waals surface area contributed by atoms with Crippen LogP contribution in [0.3, 0.4) is 0 Å². The molecule has 19 heavy (non-hydrogen) atoms. The third kappa shape index (κ3) is 2.85. The molecule has 0 bridgehead atoms. The number of rotatable bonds is 6. The summed E-state index contributed by atoms with van der Waals surface area (Å²) < 4.78 is 23.2. The molecule has 0 amide bonds. The Morgan fingerprint density at radius 1 is 1.58 bits per heavy atom. The van der Waals surface area contributed by atoms with Gasteiger partial charge >= 0.3 is 5.97 Å². The average Bonchev–Trinajstić information content (AvgIpc) is 2.32. The van der Waals surface area contributed by atoms with Crippen molar-refractivity contribution in [3.05, 3.63) is 29.6 Å². The number of aliphatic carboxylic acids is 1. The molecule has 2 rings (SSSR count).